The lowest BCUT2D eigenvalue weighted by Crippen LogP contribution is -2.51. The van der Waals surface area contributed by atoms with E-state index in [0.29, 0.717) is 24.3 Å². The van der Waals surface area contributed by atoms with Crippen molar-refractivity contribution in [1.29, 1.82) is 0 Å². The molecule has 20 heavy (non-hydrogen) atoms. The van der Waals surface area contributed by atoms with E-state index in [2.05, 4.69) is 54.4 Å². The maximum atomic E-state index is 5.96. The Labute approximate surface area is 122 Å². The number of hydrogen-bond acceptors (Lipinski definition) is 3. The molecule has 3 nitrogen and oxygen atoms in total. The number of benzene rings is 1. The summed E-state index contributed by atoms with van der Waals surface area (Å²) >= 11 is 0. The minimum absolute atomic E-state index is 0.402. The van der Waals surface area contributed by atoms with Crippen molar-refractivity contribution in [3.8, 4) is 0 Å². The molecule has 2 fully saturated rings. The van der Waals surface area contributed by atoms with Crippen molar-refractivity contribution in [2.45, 2.75) is 51.0 Å². The van der Waals surface area contributed by atoms with Crippen LogP contribution in [0.25, 0.3) is 0 Å². The average Bonchev–Trinajstić information content (AvgIpc) is 2.83. The minimum Gasteiger partial charge on any atom is -0.372 e. The van der Waals surface area contributed by atoms with E-state index >= 15 is 0 Å². The first kappa shape index (κ1) is 14.1. The Kier molecular flexibility index (Phi) is 4.39. The van der Waals surface area contributed by atoms with E-state index < -0.39 is 0 Å². The lowest BCUT2D eigenvalue weighted by Gasteiger charge is -2.40. The van der Waals surface area contributed by atoms with Gasteiger partial charge in [0.25, 0.3) is 0 Å². The first-order valence-electron chi connectivity index (χ1n) is 7.95. The molecule has 1 aromatic carbocycles. The van der Waals surface area contributed by atoms with Gasteiger partial charge in [-0.1, -0.05) is 37.3 Å². The highest BCUT2D eigenvalue weighted by molar-refractivity contribution is 5.20. The van der Waals surface area contributed by atoms with Crippen molar-refractivity contribution in [1.82, 2.24) is 10.2 Å². The predicted molar refractivity (Wildman–Crippen MR) is 81.8 cm³/mol. The van der Waals surface area contributed by atoms with E-state index in [-0.39, 0.29) is 0 Å². The molecule has 2 aliphatic heterocycles. The van der Waals surface area contributed by atoms with Gasteiger partial charge in [0, 0.05) is 25.2 Å². The van der Waals surface area contributed by atoms with E-state index in [4.69, 9.17) is 4.74 Å². The Bertz CT molecular complexity index is 410. The lowest BCUT2D eigenvalue weighted by atomic mass is 9.98. The predicted octanol–water partition coefficient (Wildman–Crippen LogP) is 2.59. The number of hydrogen-bond donors (Lipinski definition) is 1. The smallest absolute Gasteiger partial charge is 0.0707 e. The summed E-state index contributed by atoms with van der Waals surface area (Å²) in [4.78, 5) is 2.62. The molecular formula is C17H26N2O. The quantitative estimate of drug-likeness (QED) is 0.893. The number of fused-ring (bicyclic) bond motifs is 2. The van der Waals surface area contributed by atoms with Gasteiger partial charge in [0.1, 0.15) is 0 Å². The van der Waals surface area contributed by atoms with E-state index in [0.717, 1.165) is 19.6 Å². The van der Waals surface area contributed by atoms with Crippen molar-refractivity contribution < 1.29 is 4.74 Å². The zero-order valence-corrected chi connectivity index (χ0v) is 12.6. The van der Waals surface area contributed by atoms with Gasteiger partial charge in [-0.2, -0.15) is 0 Å². The Balaban J connectivity index is 1.74. The topological polar surface area (TPSA) is 24.5 Å². The maximum Gasteiger partial charge on any atom is 0.0707 e. The molecule has 0 amide bonds. The zero-order valence-electron chi connectivity index (χ0n) is 12.6. The van der Waals surface area contributed by atoms with Crippen LogP contribution in [0.5, 0.6) is 0 Å². The molecule has 0 aromatic heterocycles. The van der Waals surface area contributed by atoms with Crippen LogP contribution in [0.15, 0.2) is 30.3 Å². The molecule has 2 heterocycles. The summed E-state index contributed by atoms with van der Waals surface area (Å²) in [6.07, 6.45) is 3.42. The maximum absolute atomic E-state index is 5.96. The number of nitrogens with zero attached hydrogens (tertiary/aromatic N) is 1. The second-order valence-corrected chi connectivity index (χ2v) is 6.10. The number of nitrogens with one attached hydrogen (secondary N) is 1. The highest BCUT2D eigenvalue weighted by Gasteiger charge is 2.37. The standard InChI is InChI=1S/C17H26N2O/c1-3-18-17(14-7-5-4-6-8-14)13(2)19-11-15-9-10-16(12-19)20-15/h4-8,13,15-18H,3,9-12H2,1-2H3. The third kappa shape index (κ3) is 2.90. The lowest BCUT2D eigenvalue weighted by molar-refractivity contribution is -0.0551. The Hall–Kier alpha value is -0.900. The van der Waals surface area contributed by atoms with Crippen molar-refractivity contribution in [2.75, 3.05) is 19.6 Å². The molecule has 1 N–H and O–H groups in total. The van der Waals surface area contributed by atoms with Crippen LogP contribution in [0.3, 0.4) is 0 Å². The first-order valence-corrected chi connectivity index (χ1v) is 7.95. The van der Waals surface area contributed by atoms with E-state index in [1.54, 1.807) is 0 Å². The number of likely N-dealkylation sites (tertiary alicyclic amines) is 1. The Morgan fingerprint density at radius 3 is 2.45 bits per heavy atom. The summed E-state index contributed by atoms with van der Waals surface area (Å²) in [5.41, 5.74) is 1.39. The van der Waals surface area contributed by atoms with Crippen molar-refractivity contribution in [3.63, 3.8) is 0 Å². The molecule has 2 aliphatic rings. The first-order chi connectivity index (χ1) is 9.78. The summed E-state index contributed by atoms with van der Waals surface area (Å²) < 4.78 is 5.96. The second kappa shape index (κ2) is 6.25. The highest BCUT2D eigenvalue weighted by atomic mass is 16.5. The van der Waals surface area contributed by atoms with Crippen molar-refractivity contribution in [2.24, 2.45) is 0 Å². The van der Waals surface area contributed by atoms with Gasteiger partial charge in [-0.3, -0.25) is 4.90 Å². The Morgan fingerprint density at radius 1 is 1.20 bits per heavy atom. The number of morpholine rings is 1. The number of ether oxygens (including phenoxy) is 1. The number of likely N-dealkylation sites (N-methyl/N-ethyl adjacent to an activating group) is 1. The van der Waals surface area contributed by atoms with Gasteiger partial charge < -0.3 is 10.1 Å². The van der Waals surface area contributed by atoms with Crippen molar-refractivity contribution >= 4 is 0 Å². The molecule has 4 unspecified atom stereocenters. The third-order valence-electron chi connectivity index (χ3n) is 4.71. The average molecular weight is 274 g/mol. The molecule has 110 valence electrons. The summed E-state index contributed by atoms with van der Waals surface area (Å²) in [5, 5.41) is 3.66. The van der Waals surface area contributed by atoms with Crippen LogP contribution < -0.4 is 5.32 Å². The zero-order chi connectivity index (χ0) is 13.9. The fourth-order valence-corrected chi connectivity index (χ4v) is 3.64. The second-order valence-electron chi connectivity index (χ2n) is 6.10. The van der Waals surface area contributed by atoms with E-state index in [1.165, 1.54) is 18.4 Å². The monoisotopic (exact) mass is 274 g/mol. The van der Waals surface area contributed by atoms with Crippen LogP contribution in [-0.2, 0) is 4.74 Å². The van der Waals surface area contributed by atoms with Gasteiger partial charge in [0.05, 0.1) is 12.2 Å². The molecule has 0 saturated carbocycles. The number of rotatable bonds is 5. The molecular weight excluding hydrogens is 248 g/mol. The van der Waals surface area contributed by atoms with E-state index in [9.17, 15) is 0 Å². The SMILES string of the molecule is CCNC(c1ccccc1)C(C)N1CC2CCC(C1)O2. The molecule has 0 spiro atoms. The molecule has 0 radical (unpaired) electrons. The van der Waals surface area contributed by atoms with Gasteiger partial charge in [-0.25, -0.2) is 0 Å². The normalized spacial score (nSPS) is 29.3. The van der Waals surface area contributed by atoms with Crippen LogP contribution in [-0.4, -0.2) is 42.8 Å². The molecule has 4 atom stereocenters. The molecule has 2 bridgehead atoms. The van der Waals surface area contributed by atoms with E-state index in [1.807, 2.05) is 0 Å². The van der Waals surface area contributed by atoms with Gasteiger partial charge in [0.15, 0.2) is 0 Å². The molecule has 0 aliphatic carbocycles. The summed E-state index contributed by atoms with van der Waals surface area (Å²) in [7, 11) is 0. The van der Waals surface area contributed by atoms with Gasteiger partial charge in [0.2, 0.25) is 0 Å². The molecule has 2 saturated heterocycles. The van der Waals surface area contributed by atoms with Gasteiger partial charge >= 0.3 is 0 Å². The summed E-state index contributed by atoms with van der Waals surface area (Å²) in [6, 6.07) is 11.7. The molecule has 3 rings (SSSR count). The van der Waals surface area contributed by atoms with Crippen LogP contribution >= 0.6 is 0 Å². The largest absolute Gasteiger partial charge is 0.372 e. The minimum atomic E-state index is 0.402. The Morgan fingerprint density at radius 2 is 1.85 bits per heavy atom. The summed E-state index contributed by atoms with van der Waals surface area (Å²) in [5.74, 6) is 0. The van der Waals surface area contributed by atoms with Crippen molar-refractivity contribution in [3.05, 3.63) is 35.9 Å². The highest BCUT2D eigenvalue weighted by Crippen LogP contribution is 2.30. The van der Waals surface area contributed by atoms with Crippen LogP contribution in [0.2, 0.25) is 0 Å². The fraction of sp³-hybridized carbons (Fsp3) is 0.647. The van der Waals surface area contributed by atoms with Gasteiger partial charge in [-0.05, 0) is 31.9 Å². The van der Waals surface area contributed by atoms with Crippen LogP contribution in [0, 0.1) is 0 Å². The fourth-order valence-electron chi connectivity index (χ4n) is 3.64. The van der Waals surface area contributed by atoms with Crippen LogP contribution in [0.4, 0.5) is 0 Å². The molecule has 1 aromatic rings. The van der Waals surface area contributed by atoms with Crippen LogP contribution in [0.1, 0.15) is 38.3 Å². The summed E-state index contributed by atoms with van der Waals surface area (Å²) in [6.45, 7) is 7.72. The third-order valence-corrected chi connectivity index (χ3v) is 4.71. The molecule has 3 heteroatoms. The van der Waals surface area contributed by atoms with Gasteiger partial charge in [-0.15, -0.1) is 0 Å².